The lowest BCUT2D eigenvalue weighted by Gasteiger charge is -2.28. The fraction of sp³-hybridized carbons (Fsp3) is 0.231. The zero-order valence-corrected chi connectivity index (χ0v) is 17.6. The summed E-state index contributed by atoms with van der Waals surface area (Å²) in [4.78, 5) is 11.9. The van der Waals surface area contributed by atoms with E-state index in [-0.39, 0.29) is 19.3 Å². The van der Waals surface area contributed by atoms with Gasteiger partial charge in [-0.25, -0.2) is 9.07 Å². The molecule has 33 heavy (non-hydrogen) atoms. The van der Waals surface area contributed by atoms with E-state index in [1.54, 1.807) is 23.0 Å². The summed E-state index contributed by atoms with van der Waals surface area (Å²) in [5.74, 6) is -0.120. The summed E-state index contributed by atoms with van der Waals surface area (Å²) in [5.41, 5.74) is 2.54. The van der Waals surface area contributed by atoms with E-state index in [2.05, 4.69) is 10.4 Å². The predicted octanol–water partition coefficient (Wildman–Crippen LogP) is 4.81. The van der Waals surface area contributed by atoms with E-state index < -0.39 is 18.6 Å². The van der Waals surface area contributed by atoms with Crippen LogP contribution < -0.4 is 10.1 Å². The van der Waals surface area contributed by atoms with Crippen LogP contribution in [0.2, 0.25) is 0 Å². The Hall–Kier alpha value is -3.71. The summed E-state index contributed by atoms with van der Waals surface area (Å²) < 4.78 is 21.4. The van der Waals surface area contributed by atoms with Gasteiger partial charge in [0.1, 0.15) is 24.3 Å². The van der Waals surface area contributed by atoms with E-state index in [0.717, 1.165) is 22.2 Å². The molecule has 0 saturated carbocycles. The van der Waals surface area contributed by atoms with Crippen LogP contribution in [0.25, 0.3) is 16.6 Å². The van der Waals surface area contributed by atoms with Gasteiger partial charge in [-0.15, -0.1) is 0 Å². The Labute approximate surface area is 192 Å². The quantitative estimate of drug-likeness (QED) is 0.405. The standard InChI is InChI=1S/C25H24FN3O3.CH4/c1-2-22(28-24(31)16-30)25(17-6-4-3-5-7-17)32-21-12-13-23-18(14-21)15-27-29(23)20-10-8-19(26)9-11-20;/h3-15,22,25,30H,2,16H2,1H3,(H,28,31);1H4/t22-,25+;/m0./s1. The van der Waals surface area contributed by atoms with Crippen LogP contribution in [0.15, 0.2) is 79.0 Å². The molecule has 0 radical (unpaired) electrons. The van der Waals surface area contributed by atoms with Gasteiger partial charge in [-0.05, 0) is 54.4 Å². The number of halogens is 1. The van der Waals surface area contributed by atoms with Crippen molar-refractivity contribution in [1.29, 1.82) is 0 Å². The van der Waals surface area contributed by atoms with Crippen LogP contribution in [0.3, 0.4) is 0 Å². The molecule has 0 unspecified atom stereocenters. The minimum Gasteiger partial charge on any atom is -0.484 e. The molecule has 1 heterocycles. The topological polar surface area (TPSA) is 76.4 Å². The van der Waals surface area contributed by atoms with Gasteiger partial charge in [0.25, 0.3) is 0 Å². The second-order valence-corrected chi connectivity index (χ2v) is 7.44. The normalized spacial score (nSPS) is 12.6. The van der Waals surface area contributed by atoms with E-state index in [4.69, 9.17) is 9.84 Å². The summed E-state index contributed by atoms with van der Waals surface area (Å²) in [6.07, 6.45) is 1.91. The summed E-state index contributed by atoms with van der Waals surface area (Å²) in [5, 5.41) is 17.3. The van der Waals surface area contributed by atoms with Crippen LogP contribution in [0.1, 0.15) is 32.4 Å². The first-order valence-electron chi connectivity index (χ1n) is 10.4. The third-order valence-electron chi connectivity index (χ3n) is 5.30. The third kappa shape index (κ3) is 5.38. The molecular weight excluding hydrogens is 421 g/mol. The molecule has 2 N–H and O–H groups in total. The Balaban J connectivity index is 0.00000306. The predicted molar refractivity (Wildman–Crippen MR) is 127 cm³/mol. The SMILES string of the molecule is C.CC[C@H](NC(=O)CO)[C@H](Oc1ccc2c(cnn2-c2ccc(F)cc2)c1)c1ccccc1. The van der Waals surface area contributed by atoms with Crippen LogP contribution in [0.5, 0.6) is 5.75 Å². The van der Waals surface area contributed by atoms with Gasteiger partial charge >= 0.3 is 0 Å². The first-order valence-corrected chi connectivity index (χ1v) is 10.4. The minimum atomic E-state index is -0.577. The average Bonchev–Trinajstić information content (AvgIpc) is 3.25. The van der Waals surface area contributed by atoms with Crippen molar-refractivity contribution in [3.05, 3.63) is 90.4 Å². The van der Waals surface area contributed by atoms with Gasteiger partial charge in [0, 0.05) is 5.39 Å². The van der Waals surface area contributed by atoms with Crippen molar-refractivity contribution >= 4 is 16.8 Å². The highest BCUT2D eigenvalue weighted by molar-refractivity contribution is 5.81. The number of hydrogen-bond acceptors (Lipinski definition) is 4. The van der Waals surface area contributed by atoms with Gasteiger partial charge < -0.3 is 15.2 Å². The number of amides is 1. The highest BCUT2D eigenvalue weighted by Gasteiger charge is 2.25. The second kappa shape index (κ2) is 10.7. The molecular formula is C26H28FN3O3. The molecule has 3 aromatic carbocycles. The third-order valence-corrected chi connectivity index (χ3v) is 5.30. The molecule has 0 aliphatic heterocycles. The van der Waals surface area contributed by atoms with E-state index in [1.807, 2.05) is 55.5 Å². The number of aliphatic hydroxyl groups excluding tert-OH is 1. The summed E-state index contributed by atoms with van der Waals surface area (Å²) in [6.45, 7) is 1.38. The summed E-state index contributed by atoms with van der Waals surface area (Å²) >= 11 is 0. The van der Waals surface area contributed by atoms with E-state index in [0.29, 0.717) is 12.2 Å². The number of aromatic nitrogens is 2. The molecule has 0 fully saturated rings. The molecule has 6 nitrogen and oxygen atoms in total. The lowest BCUT2D eigenvalue weighted by Crippen LogP contribution is -2.42. The number of nitrogens with one attached hydrogen (secondary N) is 1. The molecule has 0 bridgehead atoms. The van der Waals surface area contributed by atoms with E-state index >= 15 is 0 Å². The molecule has 1 aromatic heterocycles. The number of carbonyl (C=O) groups excluding carboxylic acids is 1. The Morgan fingerprint density at radius 2 is 1.85 bits per heavy atom. The number of carbonyl (C=O) groups is 1. The van der Waals surface area contributed by atoms with Crippen LogP contribution in [-0.2, 0) is 4.79 Å². The molecule has 1 amide bonds. The first-order chi connectivity index (χ1) is 15.6. The molecule has 2 atom stereocenters. The fourth-order valence-corrected chi connectivity index (χ4v) is 3.69. The second-order valence-electron chi connectivity index (χ2n) is 7.44. The number of ether oxygens (including phenoxy) is 1. The zero-order valence-electron chi connectivity index (χ0n) is 17.6. The highest BCUT2D eigenvalue weighted by Crippen LogP contribution is 2.29. The summed E-state index contributed by atoms with van der Waals surface area (Å²) in [6, 6.07) is 21.1. The number of fused-ring (bicyclic) bond motifs is 1. The van der Waals surface area contributed by atoms with Crippen molar-refractivity contribution in [2.75, 3.05) is 6.61 Å². The molecule has 4 rings (SSSR count). The Morgan fingerprint density at radius 3 is 2.52 bits per heavy atom. The Morgan fingerprint density at radius 1 is 1.12 bits per heavy atom. The van der Waals surface area contributed by atoms with Crippen molar-refractivity contribution in [3.8, 4) is 11.4 Å². The van der Waals surface area contributed by atoms with E-state index in [1.165, 1.54) is 12.1 Å². The highest BCUT2D eigenvalue weighted by atomic mass is 19.1. The molecule has 0 spiro atoms. The Kier molecular flexibility index (Phi) is 7.79. The Bertz CT molecular complexity index is 1190. The number of benzene rings is 3. The van der Waals surface area contributed by atoms with Crippen molar-refractivity contribution in [1.82, 2.24) is 15.1 Å². The zero-order chi connectivity index (χ0) is 22.5. The monoisotopic (exact) mass is 449 g/mol. The van der Waals surface area contributed by atoms with Crippen molar-refractivity contribution in [2.45, 2.75) is 32.9 Å². The van der Waals surface area contributed by atoms with Crippen molar-refractivity contribution in [2.24, 2.45) is 0 Å². The molecule has 4 aromatic rings. The average molecular weight is 450 g/mol. The van der Waals surface area contributed by atoms with Gasteiger partial charge in [-0.1, -0.05) is 44.7 Å². The van der Waals surface area contributed by atoms with Gasteiger partial charge in [-0.3, -0.25) is 4.79 Å². The maximum absolute atomic E-state index is 13.3. The van der Waals surface area contributed by atoms with Crippen LogP contribution >= 0.6 is 0 Å². The van der Waals surface area contributed by atoms with Gasteiger partial charge in [0.05, 0.1) is 23.4 Å². The van der Waals surface area contributed by atoms with Crippen LogP contribution in [0.4, 0.5) is 4.39 Å². The summed E-state index contributed by atoms with van der Waals surface area (Å²) in [7, 11) is 0. The minimum absolute atomic E-state index is 0. The first kappa shape index (κ1) is 23.9. The number of nitrogens with zero attached hydrogens (tertiary/aromatic N) is 2. The van der Waals surface area contributed by atoms with E-state index in [9.17, 15) is 9.18 Å². The van der Waals surface area contributed by atoms with Crippen LogP contribution in [0, 0.1) is 5.82 Å². The molecule has 172 valence electrons. The fourth-order valence-electron chi connectivity index (χ4n) is 3.69. The molecule has 0 aliphatic rings. The molecule has 0 saturated heterocycles. The van der Waals surface area contributed by atoms with Gasteiger partial charge in [0.2, 0.25) is 5.91 Å². The number of hydrogen-bond donors (Lipinski definition) is 2. The van der Waals surface area contributed by atoms with Crippen LogP contribution in [-0.4, -0.2) is 33.4 Å². The van der Waals surface area contributed by atoms with Gasteiger partial charge in [-0.2, -0.15) is 5.10 Å². The van der Waals surface area contributed by atoms with Gasteiger partial charge in [0.15, 0.2) is 0 Å². The number of aliphatic hydroxyl groups is 1. The van der Waals surface area contributed by atoms with Crippen molar-refractivity contribution < 1.29 is 19.0 Å². The molecule has 7 heteroatoms. The lowest BCUT2D eigenvalue weighted by atomic mass is 9.99. The number of rotatable bonds is 8. The largest absolute Gasteiger partial charge is 0.484 e. The lowest BCUT2D eigenvalue weighted by molar-refractivity contribution is -0.125. The molecule has 0 aliphatic carbocycles. The smallest absolute Gasteiger partial charge is 0.246 e. The van der Waals surface area contributed by atoms with Crippen molar-refractivity contribution in [3.63, 3.8) is 0 Å². The maximum Gasteiger partial charge on any atom is 0.246 e. The maximum atomic E-state index is 13.3.